The summed E-state index contributed by atoms with van der Waals surface area (Å²) in [6.45, 7) is 7.04. The number of carbonyl (C=O) groups excluding carboxylic acids is 1. The maximum Gasteiger partial charge on any atom is 0.219 e. The largest absolute Gasteiger partial charge is 0.382 e. The Labute approximate surface area is 92.3 Å². The van der Waals surface area contributed by atoms with Gasteiger partial charge in [0.2, 0.25) is 5.91 Å². The molecule has 0 aliphatic rings. The highest BCUT2D eigenvalue weighted by atomic mass is 16.5. The van der Waals surface area contributed by atoms with E-state index in [2.05, 4.69) is 5.32 Å². The van der Waals surface area contributed by atoms with Crippen LogP contribution in [0.2, 0.25) is 0 Å². The van der Waals surface area contributed by atoms with Crippen LogP contribution in [0.1, 0.15) is 33.6 Å². The Morgan fingerprint density at radius 2 is 2.00 bits per heavy atom. The van der Waals surface area contributed by atoms with Gasteiger partial charge in [0.25, 0.3) is 0 Å². The van der Waals surface area contributed by atoms with Gasteiger partial charge in [-0.05, 0) is 20.3 Å². The van der Waals surface area contributed by atoms with Crippen molar-refractivity contribution in [2.75, 3.05) is 20.3 Å². The van der Waals surface area contributed by atoms with Crippen molar-refractivity contribution in [1.82, 2.24) is 5.32 Å². The minimum absolute atomic E-state index is 0.0598. The fraction of sp³-hybridized carbons (Fsp3) is 0.909. The van der Waals surface area contributed by atoms with Crippen molar-refractivity contribution in [2.45, 2.75) is 45.8 Å². The number of methoxy groups -OCH3 is 1. The van der Waals surface area contributed by atoms with E-state index in [0.717, 1.165) is 6.42 Å². The summed E-state index contributed by atoms with van der Waals surface area (Å²) in [5, 5.41) is 2.79. The van der Waals surface area contributed by atoms with E-state index < -0.39 is 0 Å². The van der Waals surface area contributed by atoms with Crippen LogP contribution in [0.15, 0.2) is 0 Å². The Hall–Kier alpha value is -0.610. The molecule has 0 heterocycles. The number of ether oxygens (including phenoxy) is 2. The zero-order chi connectivity index (χ0) is 11.7. The molecule has 0 saturated heterocycles. The molecule has 15 heavy (non-hydrogen) atoms. The van der Waals surface area contributed by atoms with E-state index in [-0.39, 0.29) is 18.1 Å². The minimum Gasteiger partial charge on any atom is -0.382 e. The smallest absolute Gasteiger partial charge is 0.219 e. The van der Waals surface area contributed by atoms with Gasteiger partial charge < -0.3 is 14.8 Å². The number of hydrogen-bond donors (Lipinski definition) is 1. The molecule has 1 amide bonds. The first kappa shape index (κ1) is 14.4. The van der Waals surface area contributed by atoms with E-state index in [1.807, 2.05) is 20.8 Å². The molecule has 1 N–H and O–H groups in total. The summed E-state index contributed by atoms with van der Waals surface area (Å²) in [4.78, 5) is 11.0. The number of rotatable bonds is 8. The van der Waals surface area contributed by atoms with E-state index in [9.17, 15) is 4.79 Å². The summed E-state index contributed by atoms with van der Waals surface area (Å²) in [5.41, 5.74) is 0. The fourth-order valence-corrected chi connectivity index (χ4v) is 0.995. The van der Waals surface area contributed by atoms with Gasteiger partial charge in [-0.1, -0.05) is 6.92 Å². The predicted molar refractivity (Wildman–Crippen MR) is 59.8 cm³/mol. The molecule has 4 nitrogen and oxygen atoms in total. The summed E-state index contributed by atoms with van der Waals surface area (Å²) in [6.07, 6.45) is 1.68. The molecule has 0 aromatic heterocycles. The summed E-state index contributed by atoms with van der Waals surface area (Å²) in [7, 11) is 1.69. The van der Waals surface area contributed by atoms with Crippen molar-refractivity contribution in [3.05, 3.63) is 0 Å². The third-order valence-corrected chi connectivity index (χ3v) is 2.24. The monoisotopic (exact) mass is 217 g/mol. The lowest BCUT2D eigenvalue weighted by Gasteiger charge is -2.15. The summed E-state index contributed by atoms with van der Waals surface area (Å²) < 4.78 is 10.6. The third kappa shape index (κ3) is 8.39. The summed E-state index contributed by atoms with van der Waals surface area (Å²) in [6, 6.07) is 0. The first-order valence-corrected chi connectivity index (χ1v) is 5.51. The second-order valence-electron chi connectivity index (χ2n) is 3.67. The van der Waals surface area contributed by atoms with E-state index >= 15 is 0 Å². The van der Waals surface area contributed by atoms with Crippen LogP contribution in [-0.4, -0.2) is 38.4 Å². The van der Waals surface area contributed by atoms with Crippen LogP contribution in [0.3, 0.4) is 0 Å². The molecular formula is C11H23NO3. The van der Waals surface area contributed by atoms with Gasteiger partial charge in [-0.3, -0.25) is 4.79 Å². The second kappa shape index (κ2) is 8.68. The van der Waals surface area contributed by atoms with Gasteiger partial charge in [0, 0.05) is 26.7 Å². The quantitative estimate of drug-likeness (QED) is 0.667. The van der Waals surface area contributed by atoms with Gasteiger partial charge in [0.1, 0.15) is 0 Å². The Kier molecular flexibility index (Phi) is 8.33. The topological polar surface area (TPSA) is 47.6 Å². The van der Waals surface area contributed by atoms with E-state index in [4.69, 9.17) is 9.47 Å². The zero-order valence-electron chi connectivity index (χ0n) is 10.2. The average molecular weight is 217 g/mol. The van der Waals surface area contributed by atoms with Crippen LogP contribution >= 0.6 is 0 Å². The van der Waals surface area contributed by atoms with E-state index in [1.54, 1.807) is 7.11 Å². The third-order valence-electron chi connectivity index (χ3n) is 2.24. The standard InChI is InChI=1S/C11H23NO3/c1-5-11(13)12-8-10(3)15-7-6-9(2)14-4/h9-10H,5-8H2,1-4H3,(H,12,13). The van der Waals surface area contributed by atoms with Gasteiger partial charge in [0.15, 0.2) is 0 Å². The van der Waals surface area contributed by atoms with Crippen molar-refractivity contribution in [3.63, 3.8) is 0 Å². The van der Waals surface area contributed by atoms with Crippen molar-refractivity contribution >= 4 is 5.91 Å². The Morgan fingerprint density at radius 1 is 1.33 bits per heavy atom. The lowest BCUT2D eigenvalue weighted by Crippen LogP contribution is -2.32. The van der Waals surface area contributed by atoms with Gasteiger partial charge in [0.05, 0.1) is 12.2 Å². The molecular weight excluding hydrogens is 194 g/mol. The first-order valence-electron chi connectivity index (χ1n) is 5.51. The van der Waals surface area contributed by atoms with Gasteiger partial charge in [-0.15, -0.1) is 0 Å². The predicted octanol–water partition coefficient (Wildman–Crippen LogP) is 1.34. The summed E-state index contributed by atoms with van der Waals surface area (Å²) >= 11 is 0. The van der Waals surface area contributed by atoms with Crippen molar-refractivity contribution in [3.8, 4) is 0 Å². The number of hydrogen-bond acceptors (Lipinski definition) is 3. The first-order chi connectivity index (χ1) is 7.10. The van der Waals surface area contributed by atoms with Crippen molar-refractivity contribution in [2.24, 2.45) is 0 Å². The molecule has 0 bridgehead atoms. The molecule has 0 aliphatic heterocycles. The van der Waals surface area contributed by atoms with E-state index in [0.29, 0.717) is 19.6 Å². The Bertz CT molecular complexity index is 173. The lowest BCUT2D eigenvalue weighted by atomic mass is 10.3. The van der Waals surface area contributed by atoms with Crippen LogP contribution in [0, 0.1) is 0 Å². The molecule has 2 atom stereocenters. The number of amides is 1. The van der Waals surface area contributed by atoms with Crippen molar-refractivity contribution < 1.29 is 14.3 Å². The normalized spacial score (nSPS) is 14.7. The highest BCUT2D eigenvalue weighted by Gasteiger charge is 2.05. The van der Waals surface area contributed by atoms with Gasteiger partial charge >= 0.3 is 0 Å². The lowest BCUT2D eigenvalue weighted by molar-refractivity contribution is -0.121. The molecule has 2 unspecified atom stereocenters. The molecule has 0 saturated carbocycles. The molecule has 0 aromatic rings. The maximum absolute atomic E-state index is 11.0. The number of carbonyl (C=O) groups is 1. The average Bonchev–Trinajstić information content (AvgIpc) is 2.25. The molecule has 0 radical (unpaired) electrons. The number of nitrogens with one attached hydrogen (secondary N) is 1. The van der Waals surface area contributed by atoms with Gasteiger partial charge in [-0.2, -0.15) is 0 Å². The maximum atomic E-state index is 11.0. The van der Waals surface area contributed by atoms with Gasteiger partial charge in [-0.25, -0.2) is 0 Å². The molecule has 90 valence electrons. The molecule has 0 spiro atoms. The van der Waals surface area contributed by atoms with E-state index in [1.165, 1.54) is 0 Å². The second-order valence-corrected chi connectivity index (χ2v) is 3.67. The molecule has 0 rings (SSSR count). The molecule has 0 fully saturated rings. The SMILES string of the molecule is CCC(=O)NCC(C)OCCC(C)OC. The minimum atomic E-state index is 0.0598. The Balaban J connectivity index is 3.41. The van der Waals surface area contributed by atoms with Crippen LogP contribution in [-0.2, 0) is 14.3 Å². The van der Waals surface area contributed by atoms with Crippen LogP contribution in [0.4, 0.5) is 0 Å². The van der Waals surface area contributed by atoms with Crippen LogP contribution in [0.5, 0.6) is 0 Å². The molecule has 0 aliphatic carbocycles. The van der Waals surface area contributed by atoms with Crippen molar-refractivity contribution in [1.29, 1.82) is 0 Å². The molecule has 0 aromatic carbocycles. The fourth-order valence-electron chi connectivity index (χ4n) is 0.995. The highest BCUT2D eigenvalue weighted by molar-refractivity contribution is 5.75. The van der Waals surface area contributed by atoms with Crippen LogP contribution in [0.25, 0.3) is 0 Å². The zero-order valence-corrected chi connectivity index (χ0v) is 10.2. The van der Waals surface area contributed by atoms with Crippen LogP contribution < -0.4 is 5.32 Å². The summed E-state index contributed by atoms with van der Waals surface area (Å²) in [5.74, 6) is 0.0655. The molecule has 4 heteroatoms. The Morgan fingerprint density at radius 3 is 2.53 bits per heavy atom. The highest BCUT2D eigenvalue weighted by Crippen LogP contribution is 1.98.